The van der Waals surface area contributed by atoms with Crippen LogP contribution in [-0.2, 0) is 24.9 Å². The lowest BCUT2D eigenvalue weighted by molar-refractivity contribution is -0.617. The Kier molecular flexibility index (Phi) is 11.0. The van der Waals surface area contributed by atoms with Crippen molar-refractivity contribution in [3.8, 4) is 0 Å². The van der Waals surface area contributed by atoms with Gasteiger partial charge in [-0.3, -0.25) is 0 Å². The number of fused-ring (bicyclic) bond motifs is 2. The van der Waals surface area contributed by atoms with Crippen LogP contribution in [0.3, 0.4) is 0 Å². The van der Waals surface area contributed by atoms with Crippen molar-refractivity contribution in [3.63, 3.8) is 0 Å². The number of aromatic nitrogens is 1. The summed E-state index contributed by atoms with van der Waals surface area (Å²) < 4.78 is 2.00. The van der Waals surface area contributed by atoms with Gasteiger partial charge in [0.25, 0.3) is 0 Å². The van der Waals surface area contributed by atoms with Gasteiger partial charge in [-0.2, -0.15) is 4.57 Å². The van der Waals surface area contributed by atoms with Crippen LogP contribution in [0.4, 0.5) is 37.1 Å². The van der Waals surface area contributed by atoms with Crippen molar-refractivity contribution >= 4 is 68.7 Å². The second-order valence-electron chi connectivity index (χ2n) is 12.6. The third-order valence-corrected chi connectivity index (χ3v) is 8.09. The van der Waals surface area contributed by atoms with Crippen molar-refractivity contribution < 1.29 is 23.7 Å². The number of hydrogen-bond acceptors (Lipinski definition) is 6. The van der Waals surface area contributed by atoms with E-state index in [1.54, 1.807) is 36.4 Å². The molecule has 5 rings (SSSR count). The van der Waals surface area contributed by atoms with Gasteiger partial charge in [-0.1, -0.05) is 38.1 Å². The predicted octanol–water partition coefficient (Wildman–Crippen LogP) is 5.73. The standard InChI is InChI=1S/C37H39N9O4/c1-37(2,21-38)22-41-34(48)40-20-25-6-12-29(13-7-25)43-36(50)45-31-15-9-27-16-26-8-14-30(17-32(26)46(3)33(27)18-31)44-35(49)42-28-10-4-24(5-11-28)19-39-23-47/h4-18H,19-22,38H2,1-3H3,(H5,40,41,42,43,44,45,48,49,50)/p+1. The van der Waals surface area contributed by atoms with E-state index < -0.39 is 12.1 Å². The minimum absolute atomic E-state index is 0.180. The van der Waals surface area contributed by atoms with Gasteiger partial charge in [-0.15, -0.1) is 0 Å². The van der Waals surface area contributed by atoms with E-state index in [-0.39, 0.29) is 18.0 Å². The molecule has 0 unspecified atom stereocenters. The Balaban J connectivity index is 1.19. The number of hydrogen-bond donors (Lipinski definition) is 7. The van der Waals surface area contributed by atoms with Gasteiger partial charge in [0.05, 0.1) is 6.54 Å². The zero-order chi connectivity index (χ0) is 35.7. The maximum atomic E-state index is 12.9. The van der Waals surface area contributed by atoms with E-state index in [1.807, 2.05) is 74.0 Å². The molecule has 0 saturated heterocycles. The van der Waals surface area contributed by atoms with Crippen molar-refractivity contribution in [2.75, 3.05) is 34.4 Å². The lowest BCUT2D eigenvalue weighted by atomic mass is 9.94. The van der Waals surface area contributed by atoms with Crippen LogP contribution in [0.2, 0.25) is 0 Å². The zero-order valence-corrected chi connectivity index (χ0v) is 28.1. The number of nitrogens with two attached hydrogens (primary N) is 1. The van der Waals surface area contributed by atoms with Gasteiger partial charge < -0.3 is 37.6 Å². The van der Waals surface area contributed by atoms with Gasteiger partial charge in [-0.25, -0.2) is 24.2 Å². The summed E-state index contributed by atoms with van der Waals surface area (Å²) in [7, 11) is 1.93. The summed E-state index contributed by atoms with van der Waals surface area (Å²) in [4.78, 5) is 51.6. The number of pyridine rings is 1. The second kappa shape index (κ2) is 15.7. The fourth-order valence-corrected chi connectivity index (χ4v) is 5.11. The number of carbonyl (C=O) groups excluding carboxylic acids is 4. The molecular weight excluding hydrogens is 634 g/mol. The molecule has 50 heavy (non-hydrogen) atoms. The summed E-state index contributed by atoms with van der Waals surface area (Å²) in [5, 5.41) is 19.0. The Bertz CT molecular complexity index is 2070. The first-order valence-corrected chi connectivity index (χ1v) is 16.0. The highest BCUT2D eigenvalue weighted by atomic mass is 16.2. The van der Waals surface area contributed by atoms with Crippen molar-refractivity contribution in [2.24, 2.45) is 23.2 Å². The number of nitrogens with zero attached hydrogens (tertiary/aromatic N) is 2. The molecule has 0 atom stereocenters. The molecule has 4 aromatic carbocycles. The van der Waals surface area contributed by atoms with Gasteiger partial charge in [0.15, 0.2) is 0 Å². The molecule has 0 aliphatic carbocycles. The summed E-state index contributed by atoms with van der Waals surface area (Å²) in [6, 6.07) is 26.5. The number of nitrogens with one attached hydrogen (secondary N) is 6. The van der Waals surface area contributed by atoms with Crippen LogP contribution in [-0.4, -0.2) is 37.3 Å². The van der Waals surface area contributed by atoms with E-state index in [2.05, 4.69) is 43.0 Å². The minimum atomic E-state index is -0.402. The molecule has 0 bridgehead atoms. The predicted molar refractivity (Wildman–Crippen MR) is 196 cm³/mol. The third-order valence-electron chi connectivity index (χ3n) is 8.09. The number of aryl methyl sites for hydroxylation is 1. The summed E-state index contributed by atoms with van der Waals surface area (Å²) in [5.74, 6) is 0. The maximum absolute atomic E-state index is 12.9. The summed E-state index contributed by atoms with van der Waals surface area (Å²) in [6.45, 7) is 5.47. The number of anilines is 4. The largest absolute Gasteiger partial charge is 0.338 e. The molecule has 1 heterocycles. The van der Waals surface area contributed by atoms with E-state index in [1.165, 1.54) is 6.08 Å². The average molecular weight is 675 g/mol. The number of aliphatic imine (C=N–C) groups is 1. The molecule has 0 aliphatic rings. The average Bonchev–Trinajstić information content (AvgIpc) is 3.10. The molecular formula is C37H40N9O4+. The Hall–Kier alpha value is -6.30. The minimum Gasteiger partial charge on any atom is -0.338 e. The first kappa shape index (κ1) is 35.0. The van der Waals surface area contributed by atoms with Crippen LogP contribution in [0, 0.1) is 5.41 Å². The number of benzene rings is 4. The first-order valence-electron chi connectivity index (χ1n) is 16.0. The van der Waals surface area contributed by atoms with Crippen LogP contribution in [0.25, 0.3) is 21.8 Å². The number of carbonyl (C=O) groups is 3. The lowest BCUT2D eigenvalue weighted by Gasteiger charge is -2.22. The molecule has 13 nitrogen and oxygen atoms in total. The Morgan fingerprint density at radius 3 is 1.66 bits per heavy atom. The van der Waals surface area contributed by atoms with Crippen molar-refractivity contribution in [3.05, 3.63) is 102 Å². The van der Waals surface area contributed by atoms with Gasteiger partial charge in [-0.05, 0) is 77.7 Å². The number of urea groups is 3. The third kappa shape index (κ3) is 9.41. The highest BCUT2D eigenvalue weighted by molar-refractivity contribution is 6.02. The van der Waals surface area contributed by atoms with E-state index in [4.69, 9.17) is 5.73 Å². The molecule has 6 amide bonds. The van der Waals surface area contributed by atoms with Gasteiger partial charge in [0.2, 0.25) is 17.1 Å². The Labute approximate surface area is 289 Å². The van der Waals surface area contributed by atoms with Gasteiger partial charge in [0.1, 0.15) is 7.05 Å². The molecule has 1 aromatic heterocycles. The Morgan fingerprint density at radius 1 is 0.680 bits per heavy atom. The monoisotopic (exact) mass is 674 g/mol. The SMILES string of the molecule is C[n+]1c2cc(NC(=O)Nc3ccc(CN=C=O)cc3)ccc2cc2ccc(NC(=O)Nc3ccc(CNC(=O)NCC(C)(C)CN)cc3)cc21. The highest BCUT2D eigenvalue weighted by Gasteiger charge is 2.17. The van der Waals surface area contributed by atoms with Crippen LogP contribution < -0.4 is 42.2 Å². The molecule has 5 aromatic rings. The first-order chi connectivity index (χ1) is 24.0. The quantitative estimate of drug-likeness (QED) is 0.0408. The van der Waals surface area contributed by atoms with Crippen molar-refractivity contribution in [1.82, 2.24) is 10.6 Å². The van der Waals surface area contributed by atoms with E-state index in [9.17, 15) is 19.2 Å². The Morgan fingerprint density at radius 2 is 1.16 bits per heavy atom. The van der Waals surface area contributed by atoms with E-state index >= 15 is 0 Å². The number of amides is 6. The van der Waals surface area contributed by atoms with E-state index in [0.29, 0.717) is 42.4 Å². The van der Waals surface area contributed by atoms with Crippen LogP contribution >= 0.6 is 0 Å². The van der Waals surface area contributed by atoms with Crippen molar-refractivity contribution in [1.29, 1.82) is 0 Å². The molecule has 8 N–H and O–H groups in total. The second-order valence-corrected chi connectivity index (χ2v) is 12.6. The highest BCUT2D eigenvalue weighted by Crippen LogP contribution is 2.24. The topological polar surface area (TPSA) is 183 Å². The lowest BCUT2D eigenvalue weighted by Crippen LogP contribution is -2.42. The smallest absolute Gasteiger partial charge is 0.323 e. The fourth-order valence-electron chi connectivity index (χ4n) is 5.11. The van der Waals surface area contributed by atoms with Crippen LogP contribution in [0.5, 0.6) is 0 Å². The van der Waals surface area contributed by atoms with Crippen LogP contribution in [0.1, 0.15) is 25.0 Å². The summed E-state index contributed by atoms with van der Waals surface area (Å²) >= 11 is 0. The van der Waals surface area contributed by atoms with Crippen LogP contribution in [0.15, 0.2) is 96.0 Å². The molecule has 13 heteroatoms. The normalized spacial score (nSPS) is 11.0. The maximum Gasteiger partial charge on any atom is 0.323 e. The molecule has 0 aliphatic heterocycles. The molecule has 0 saturated carbocycles. The summed E-state index contributed by atoms with van der Waals surface area (Å²) in [6.07, 6.45) is 1.51. The zero-order valence-electron chi connectivity index (χ0n) is 28.1. The van der Waals surface area contributed by atoms with Gasteiger partial charge >= 0.3 is 18.1 Å². The molecule has 256 valence electrons. The molecule has 0 spiro atoms. The fraction of sp³-hybridized carbons (Fsp3) is 0.216. The number of rotatable bonds is 11. The van der Waals surface area contributed by atoms with E-state index in [0.717, 1.165) is 32.9 Å². The molecule has 0 radical (unpaired) electrons. The van der Waals surface area contributed by atoms with Gasteiger partial charge in [0, 0.05) is 58.7 Å². The molecule has 0 fully saturated rings. The number of isocyanates is 1. The van der Waals surface area contributed by atoms with Crippen molar-refractivity contribution in [2.45, 2.75) is 26.9 Å². The summed E-state index contributed by atoms with van der Waals surface area (Å²) in [5.41, 5.74) is 11.4.